The number of aliphatic hydroxyl groups is 5. The summed E-state index contributed by atoms with van der Waals surface area (Å²) in [6, 6.07) is 0.873. The van der Waals surface area contributed by atoms with Gasteiger partial charge in [0.15, 0.2) is 18.7 Å². The molecular formula is C15H26FN3O16P2. The van der Waals surface area contributed by atoms with E-state index >= 15 is 0 Å². The first-order valence-corrected chi connectivity index (χ1v) is 12.9. The molecule has 2 aliphatic rings. The van der Waals surface area contributed by atoms with Crippen LogP contribution in [0, 0.1) is 0 Å². The molecule has 2 saturated heterocycles. The molecule has 0 amide bonds. The molecule has 0 spiro atoms. The third kappa shape index (κ3) is 7.35. The average Bonchev–Trinajstić information content (AvgIpc) is 3.06. The molecule has 37 heavy (non-hydrogen) atoms. The lowest BCUT2D eigenvalue weighted by Crippen LogP contribution is -2.58. The largest absolute Gasteiger partial charge is 0.483 e. The lowest BCUT2D eigenvalue weighted by Gasteiger charge is -2.39. The van der Waals surface area contributed by atoms with E-state index in [-0.39, 0.29) is 6.15 Å². The number of ether oxygens (including phenoxy) is 2. The lowest BCUT2D eigenvalue weighted by atomic mass is 10.00. The summed E-state index contributed by atoms with van der Waals surface area (Å²) in [6.07, 6.45) is -16.6. The van der Waals surface area contributed by atoms with Crippen molar-refractivity contribution in [3.63, 3.8) is 0 Å². The quantitative estimate of drug-likeness (QED) is 0.126. The molecule has 0 saturated carbocycles. The Morgan fingerprint density at radius 1 is 1.00 bits per heavy atom. The Morgan fingerprint density at radius 3 is 2.24 bits per heavy atom. The molecule has 2 aliphatic heterocycles. The van der Waals surface area contributed by atoms with Crippen LogP contribution in [0.5, 0.6) is 0 Å². The van der Waals surface area contributed by atoms with Crippen molar-refractivity contribution in [3.05, 3.63) is 33.1 Å². The Balaban J connectivity index is 0.00000481. The van der Waals surface area contributed by atoms with Crippen molar-refractivity contribution in [2.75, 3.05) is 13.2 Å². The summed E-state index contributed by atoms with van der Waals surface area (Å²) >= 11 is 0. The molecule has 0 aliphatic carbocycles. The maximum Gasteiger partial charge on any atom is 0.483 e. The number of phosphoric ester groups is 2. The minimum Gasteiger partial charge on any atom is -0.394 e. The smallest absolute Gasteiger partial charge is 0.394 e. The third-order valence-corrected chi connectivity index (χ3v) is 7.71. The monoisotopic (exact) mass is 585 g/mol. The van der Waals surface area contributed by atoms with Crippen LogP contribution in [0.25, 0.3) is 0 Å². The van der Waals surface area contributed by atoms with E-state index in [2.05, 4.69) is 13.4 Å². The van der Waals surface area contributed by atoms with Crippen LogP contribution in [-0.4, -0.2) is 107 Å². The second-order valence-corrected chi connectivity index (χ2v) is 10.6. The first-order valence-electron chi connectivity index (χ1n) is 9.95. The molecule has 2 unspecified atom stereocenters. The second kappa shape index (κ2) is 12.2. The van der Waals surface area contributed by atoms with Crippen LogP contribution < -0.4 is 17.4 Å². The van der Waals surface area contributed by atoms with E-state index in [0.717, 1.165) is 12.3 Å². The van der Waals surface area contributed by atoms with Crippen molar-refractivity contribution in [3.8, 4) is 0 Å². The number of nitrogens with zero attached hydrogens (tertiary/aromatic N) is 1. The van der Waals surface area contributed by atoms with Gasteiger partial charge in [0.2, 0.25) is 0 Å². The Kier molecular flexibility index (Phi) is 10.4. The molecule has 19 nitrogen and oxygen atoms in total. The molecule has 11 atom stereocenters. The number of alkyl halides is 1. The predicted octanol–water partition coefficient (Wildman–Crippen LogP) is -3.65. The van der Waals surface area contributed by atoms with Gasteiger partial charge < -0.3 is 50.9 Å². The van der Waals surface area contributed by atoms with Crippen molar-refractivity contribution < 1.29 is 71.7 Å². The maximum atomic E-state index is 14.5. The van der Waals surface area contributed by atoms with Crippen molar-refractivity contribution in [1.82, 2.24) is 15.7 Å². The Morgan fingerprint density at radius 2 is 1.65 bits per heavy atom. The topological polar surface area (TPSA) is 312 Å². The molecule has 0 bridgehead atoms. The van der Waals surface area contributed by atoms with E-state index in [0.29, 0.717) is 4.57 Å². The fourth-order valence-electron chi connectivity index (χ4n) is 3.32. The number of aromatic nitrogens is 2. The van der Waals surface area contributed by atoms with Crippen LogP contribution in [0.2, 0.25) is 0 Å². The summed E-state index contributed by atoms with van der Waals surface area (Å²) < 4.78 is 62.1. The van der Waals surface area contributed by atoms with Gasteiger partial charge in [-0.3, -0.25) is 23.4 Å². The summed E-state index contributed by atoms with van der Waals surface area (Å²) in [5, 5.41) is 48.3. The molecule has 3 rings (SSSR count). The minimum atomic E-state index is -5.62. The molecule has 3 heterocycles. The van der Waals surface area contributed by atoms with E-state index < -0.39 is 95.4 Å². The van der Waals surface area contributed by atoms with Gasteiger partial charge in [-0.05, 0) is 0 Å². The maximum absolute atomic E-state index is 14.5. The molecule has 1 aromatic heterocycles. The van der Waals surface area contributed by atoms with Crippen LogP contribution in [0.15, 0.2) is 21.9 Å². The van der Waals surface area contributed by atoms with Gasteiger partial charge in [-0.1, -0.05) is 0 Å². The van der Waals surface area contributed by atoms with Crippen LogP contribution in [0.1, 0.15) is 6.23 Å². The van der Waals surface area contributed by atoms with Gasteiger partial charge in [-0.25, -0.2) is 18.3 Å². The number of hydrogen-bond donors (Lipinski definition) is 9. The van der Waals surface area contributed by atoms with Crippen LogP contribution in [-0.2, 0) is 32.0 Å². The molecule has 1 aromatic rings. The van der Waals surface area contributed by atoms with Crippen molar-refractivity contribution >= 4 is 15.6 Å². The number of rotatable bonds is 9. The minimum absolute atomic E-state index is 0. The normalized spacial score (nSPS) is 37.4. The zero-order valence-electron chi connectivity index (χ0n) is 18.5. The average molecular weight is 585 g/mol. The van der Waals surface area contributed by atoms with Gasteiger partial charge >= 0.3 is 21.3 Å². The molecule has 0 radical (unpaired) electrons. The van der Waals surface area contributed by atoms with Crippen molar-refractivity contribution in [2.45, 2.75) is 55.3 Å². The highest BCUT2D eigenvalue weighted by Crippen LogP contribution is 2.61. The number of nitrogens with one attached hydrogen (secondary N) is 1. The van der Waals surface area contributed by atoms with E-state index in [1.165, 1.54) is 0 Å². The highest BCUT2D eigenvalue weighted by molar-refractivity contribution is 7.61. The van der Waals surface area contributed by atoms with Gasteiger partial charge in [0.1, 0.15) is 36.6 Å². The number of aromatic amines is 1. The molecule has 0 aromatic carbocycles. The third-order valence-electron chi connectivity index (χ3n) is 5.11. The summed E-state index contributed by atoms with van der Waals surface area (Å²) in [5.41, 5.74) is -1.87. The summed E-state index contributed by atoms with van der Waals surface area (Å²) in [5.74, 6) is 0. The summed E-state index contributed by atoms with van der Waals surface area (Å²) in [7, 11) is -11.1. The Bertz CT molecular complexity index is 1130. The number of halogens is 1. The van der Waals surface area contributed by atoms with E-state index in [1.807, 2.05) is 4.98 Å². The molecule has 11 N–H and O–H groups in total. The predicted molar refractivity (Wildman–Crippen MR) is 113 cm³/mol. The fraction of sp³-hybridized carbons (Fsp3) is 0.733. The van der Waals surface area contributed by atoms with Crippen LogP contribution >= 0.6 is 15.6 Å². The molecule has 22 heteroatoms. The first kappa shape index (κ1) is 31.8. The van der Waals surface area contributed by atoms with Crippen LogP contribution in [0.4, 0.5) is 4.39 Å². The highest BCUT2D eigenvalue weighted by atomic mass is 31.3. The zero-order chi connectivity index (χ0) is 27.0. The molecular weight excluding hydrogens is 559 g/mol. The second-order valence-electron chi connectivity index (χ2n) is 7.63. The van der Waals surface area contributed by atoms with Gasteiger partial charge in [0.05, 0.1) is 13.2 Å². The van der Waals surface area contributed by atoms with Gasteiger partial charge in [0, 0.05) is 12.3 Å². The number of hydrogen-bond acceptors (Lipinski definition) is 15. The zero-order valence-corrected chi connectivity index (χ0v) is 20.3. The van der Waals surface area contributed by atoms with E-state index in [1.54, 1.807) is 0 Å². The molecule has 214 valence electrons. The van der Waals surface area contributed by atoms with Gasteiger partial charge in [0.25, 0.3) is 5.56 Å². The fourth-order valence-corrected chi connectivity index (χ4v) is 5.48. The number of aliphatic hydroxyl groups excluding tert-OH is 5. The molecule has 2 fully saturated rings. The Labute approximate surface area is 205 Å². The number of H-pyrrole nitrogens is 1. The standard InChI is InChI=1S/C15H23FN2O16P2.H3N/c16-8-9(21)6(31-13(8)18-2-1-7(20)17-15(18)25)4-30-35(26,27)34-36(28,29)33-14-12(24)11(23)10(22)5(3-19)32-14;/h1-2,5-6,8-14,19,21-24H,3-4H2,(H,26,27)(H,28,29)(H,17,20,25);1H3/t5-,6-,8+,9-,10-,11+,12-,13-,14-;/m1./s1. The first-order chi connectivity index (χ1) is 16.7. The van der Waals surface area contributed by atoms with Crippen LogP contribution in [0.3, 0.4) is 0 Å². The van der Waals surface area contributed by atoms with Crippen molar-refractivity contribution in [2.24, 2.45) is 0 Å². The summed E-state index contributed by atoms with van der Waals surface area (Å²) in [6.45, 7) is -2.02. The van der Waals surface area contributed by atoms with Crippen molar-refractivity contribution in [1.29, 1.82) is 0 Å². The highest BCUT2D eigenvalue weighted by Gasteiger charge is 2.50. The van der Waals surface area contributed by atoms with E-state index in [9.17, 15) is 53.3 Å². The summed E-state index contributed by atoms with van der Waals surface area (Å²) in [4.78, 5) is 44.3. The number of phosphoric acid groups is 2. The van der Waals surface area contributed by atoms with Gasteiger partial charge in [-0.2, -0.15) is 4.31 Å². The van der Waals surface area contributed by atoms with Gasteiger partial charge in [-0.15, -0.1) is 0 Å². The SMILES string of the molecule is N.O=c1ccn([C@@H]2O[C@H](COP(=O)(O)OP(=O)(O)O[C@H]3O[C@H](CO)[C@@H](O)[C@H](O)[C@H]3O)[C@@H](O)[C@@H]2F)c(=O)[nH]1. The van der Waals surface area contributed by atoms with E-state index in [4.69, 9.17) is 14.6 Å². The Hall–Kier alpha value is -1.45. The lowest BCUT2D eigenvalue weighted by molar-refractivity contribution is -0.280.